The number of aromatic amines is 1. The first-order chi connectivity index (χ1) is 8.49. The summed E-state index contributed by atoms with van der Waals surface area (Å²) in [6.07, 6.45) is 2.28. The lowest BCUT2D eigenvalue weighted by Crippen LogP contribution is -2.33. The summed E-state index contributed by atoms with van der Waals surface area (Å²) in [7, 11) is 1.59. The van der Waals surface area contributed by atoms with Crippen LogP contribution < -0.4 is 0 Å². The second kappa shape index (κ2) is 4.80. The number of nitrogens with one attached hydrogen (secondary N) is 1. The van der Waals surface area contributed by atoms with Gasteiger partial charge in [0.25, 0.3) is 5.91 Å². The van der Waals surface area contributed by atoms with E-state index in [2.05, 4.69) is 10.2 Å². The van der Waals surface area contributed by atoms with E-state index in [9.17, 15) is 9.59 Å². The monoisotopic (exact) mass is 251 g/mol. The van der Waals surface area contributed by atoms with Crippen molar-refractivity contribution in [1.29, 1.82) is 0 Å². The fraction of sp³-hybridized carbons (Fsp3) is 0.583. The molecule has 1 amide bonds. The molecule has 0 aromatic carbocycles. The Morgan fingerprint density at radius 2 is 2.28 bits per heavy atom. The van der Waals surface area contributed by atoms with Crippen LogP contribution in [0.4, 0.5) is 0 Å². The van der Waals surface area contributed by atoms with Crippen molar-refractivity contribution in [3.8, 4) is 0 Å². The summed E-state index contributed by atoms with van der Waals surface area (Å²) in [6, 6.07) is 1.77. The van der Waals surface area contributed by atoms with Crippen LogP contribution in [-0.4, -0.2) is 45.7 Å². The van der Waals surface area contributed by atoms with Gasteiger partial charge < -0.3 is 10.0 Å². The second-order valence-corrected chi connectivity index (χ2v) is 4.91. The van der Waals surface area contributed by atoms with Crippen LogP contribution >= 0.6 is 0 Å². The van der Waals surface area contributed by atoms with E-state index in [0.717, 1.165) is 18.5 Å². The van der Waals surface area contributed by atoms with E-state index in [-0.39, 0.29) is 12.5 Å². The SMILES string of the molecule is C[C@@H](CN(C)C(=O)c1cc(C2CC2)[nH]n1)C(=O)O. The third kappa shape index (κ3) is 2.69. The lowest BCUT2D eigenvalue weighted by molar-refractivity contribution is -0.141. The molecule has 1 aliphatic carbocycles. The Morgan fingerprint density at radius 1 is 1.61 bits per heavy atom. The first-order valence-corrected chi connectivity index (χ1v) is 6.02. The van der Waals surface area contributed by atoms with Crippen LogP contribution in [0.3, 0.4) is 0 Å². The van der Waals surface area contributed by atoms with Gasteiger partial charge in [-0.25, -0.2) is 0 Å². The Morgan fingerprint density at radius 3 is 2.83 bits per heavy atom. The topological polar surface area (TPSA) is 86.3 Å². The van der Waals surface area contributed by atoms with Gasteiger partial charge in [-0.3, -0.25) is 14.7 Å². The molecule has 0 aliphatic heterocycles. The Labute approximate surface area is 105 Å². The molecule has 1 heterocycles. The van der Waals surface area contributed by atoms with Crippen LogP contribution in [0.2, 0.25) is 0 Å². The first kappa shape index (κ1) is 12.6. The van der Waals surface area contributed by atoms with Crippen molar-refractivity contribution in [2.24, 2.45) is 5.92 Å². The third-order valence-corrected chi connectivity index (χ3v) is 3.15. The minimum atomic E-state index is -0.907. The van der Waals surface area contributed by atoms with Gasteiger partial charge in [-0.2, -0.15) is 5.10 Å². The second-order valence-electron chi connectivity index (χ2n) is 4.91. The fourth-order valence-electron chi connectivity index (χ4n) is 1.82. The number of carboxylic acids is 1. The fourth-order valence-corrected chi connectivity index (χ4v) is 1.82. The van der Waals surface area contributed by atoms with E-state index in [1.165, 1.54) is 4.90 Å². The maximum Gasteiger partial charge on any atom is 0.308 e. The Bertz CT molecular complexity index is 465. The molecule has 1 aliphatic rings. The molecule has 6 heteroatoms. The number of carbonyl (C=O) groups is 2. The minimum Gasteiger partial charge on any atom is -0.481 e. The molecule has 0 spiro atoms. The van der Waals surface area contributed by atoms with Crippen molar-refractivity contribution in [1.82, 2.24) is 15.1 Å². The van der Waals surface area contributed by atoms with E-state index in [1.807, 2.05) is 0 Å². The van der Waals surface area contributed by atoms with E-state index >= 15 is 0 Å². The molecule has 0 unspecified atom stereocenters. The van der Waals surface area contributed by atoms with Gasteiger partial charge in [0, 0.05) is 25.2 Å². The summed E-state index contributed by atoms with van der Waals surface area (Å²) < 4.78 is 0. The first-order valence-electron chi connectivity index (χ1n) is 6.02. The Hall–Kier alpha value is -1.85. The molecular weight excluding hydrogens is 234 g/mol. The van der Waals surface area contributed by atoms with Crippen LogP contribution in [-0.2, 0) is 4.79 Å². The van der Waals surface area contributed by atoms with Crippen LogP contribution in [0, 0.1) is 5.92 Å². The molecule has 6 nitrogen and oxygen atoms in total. The zero-order valence-electron chi connectivity index (χ0n) is 10.5. The van der Waals surface area contributed by atoms with Gasteiger partial charge in [-0.1, -0.05) is 6.92 Å². The number of carboxylic acid groups (broad SMARTS) is 1. The zero-order chi connectivity index (χ0) is 13.3. The number of aromatic nitrogens is 2. The predicted molar refractivity (Wildman–Crippen MR) is 64.3 cm³/mol. The highest BCUT2D eigenvalue weighted by Crippen LogP contribution is 2.39. The molecule has 1 saturated carbocycles. The summed E-state index contributed by atoms with van der Waals surface area (Å²) in [4.78, 5) is 24.1. The van der Waals surface area contributed by atoms with Gasteiger partial charge in [-0.05, 0) is 18.9 Å². The molecule has 1 atom stereocenters. The van der Waals surface area contributed by atoms with E-state index in [0.29, 0.717) is 11.6 Å². The van der Waals surface area contributed by atoms with Crippen molar-refractivity contribution in [2.45, 2.75) is 25.7 Å². The summed E-state index contributed by atoms with van der Waals surface area (Å²) >= 11 is 0. The molecule has 1 aromatic rings. The minimum absolute atomic E-state index is 0.180. The number of H-pyrrole nitrogens is 1. The number of rotatable bonds is 5. The average Bonchev–Trinajstić information content (AvgIpc) is 3.06. The van der Waals surface area contributed by atoms with E-state index in [1.54, 1.807) is 20.0 Å². The largest absolute Gasteiger partial charge is 0.481 e. The molecule has 98 valence electrons. The van der Waals surface area contributed by atoms with Crippen molar-refractivity contribution in [3.05, 3.63) is 17.5 Å². The average molecular weight is 251 g/mol. The lowest BCUT2D eigenvalue weighted by atomic mass is 10.1. The van der Waals surface area contributed by atoms with Gasteiger partial charge in [0.1, 0.15) is 5.69 Å². The van der Waals surface area contributed by atoms with Crippen molar-refractivity contribution < 1.29 is 14.7 Å². The summed E-state index contributed by atoms with van der Waals surface area (Å²) in [5.74, 6) is -1.22. The number of amides is 1. The van der Waals surface area contributed by atoms with Crippen molar-refractivity contribution >= 4 is 11.9 Å². The molecule has 1 fully saturated rings. The molecule has 2 rings (SSSR count). The number of hydrogen-bond acceptors (Lipinski definition) is 3. The highest BCUT2D eigenvalue weighted by Gasteiger charge is 2.27. The number of aliphatic carboxylic acids is 1. The Kier molecular flexibility index (Phi) is 3.36. The van der Waals surface area contributed by atoms with Gasteiger partial charge in [-0.15, -0.1) is 0 Å². The van der Waals surface area contributed by atoms with Crippen LogP contribution in [0.25, 0.3) is 0 Å². The standard InChI is InChI=1S/C12H17N3O3/c1-7(12(17)18)6-15(2)11(16)10-5-9(13-14-10)8-3-4-8/h5,7-8H,3-4,6H2,1-2H3,(H,13,14)(H,17,18)/t7-/m0/s1. The lowest BCUT2D eigenvalue weighted by Gasteiger charge is -2.18. The zero-order valence-corrected chi connectivity index (χ0v) is 10.5. The quantitative estimate of drug-likeness (QED) is 0.819. The highest BCUT2D eigenvalue weighted by atomic mass is 16.4. The van der Waals surface area contributed by atoms with Gasteiger partial charge in [0.05, 0.1) is 5.92 Å². The van der Waals surface area contributed by atoms with Gasteiger partial charge >= 0.3 is 5.97 Å². The van der Waals surface area contributed by atoms with Crippen molar-refractivity contribution in [3.63, 3.8) is 0 Å². The highest BCUT2D eigenvalue weighted by molar-refractivity contribution is 5.92. The number of carbonyl (C=O) groups excluding carboxylic acids is 1. The smallest absolute Gasteiger partial charge is 0.308 e. The summed E-state index contributed by atoms with van der Waals surface area (Å²) in [6.45, 7) is 1.76. The van der Waals surface area contributed by atoms with E-state index in [4.69, 9.17) is 5.11 Å². The maximum absolute atomic E-state index is 12.0. The molecular formula is C12H17N3O3. The predicted octanol–water partition coefficient (Wildman–Crippen LogP) is 1.08. The van der Waals surface area contributed by atoms with Crippen LogP contribution in [0.5, 0.6) is 0 Å². The van der Waals surface area contributed by atoms with Crippen molar-refractivity contribution in [2.75, 3.05) is 13.6 Å². The summed E-state index contributed by atoms with van der Waals surface area (Å²) in [5, 5.41) is 15.7. The molecule has 0 saturated heterocycles. The third-order valence-electron chi connectivity index (χ3n) is 3.15. The normalized spacial score (nSPS) is 16.3. The van der Waals surface area contributed by atoms with Gasteiger partial charge in [0.15, 0.2) is 0 Å². The maximum atomic E-state index is 12.0. The van der Waals surface area contributed by atoms with E-state index < -0.39 is 11.9 Å². The van der Waals surface area contributed by atoms with Crippen LogP contribution in [0.15, 0.2) is 6.07 Å². The van der Waals surface area contributed by atoms with Crippen LogP contribution in [0.1, 0.15) is 41.9 Å². The molecule has 0 radical (unpaired) electrons. The molecule has 1 aromatic heterocycles. The Balaban J connectivity index is 1.98. The van der Waals surface area contributed by atoms with Gasteiger partial charge in [0.2, 0.25) is 0 Å². The number of nitrogens with zero attached hydrogens (tertiary/aromatic N) is 2. The number of hydrogen-bond donors (Lipinski definition) is 2. The summed E-state index contributed by atoms with van der Waals surface area (Å²) in [5.41, 5.74) is 1.36. The molecule has 2 N–H and O–H groups in total. The molecule has 18 heavy (non-hydrogen) atoms. The molecule has 0 bridgehead atoms.